The normalized spacial score (nSPS) is 9.76. The van der Waals surface area contributed by atoms with E-state index in [-0.39, 0.29) is 11.8 Å². The SMILES string of the molecule is CCc1ccccc1NC(=O)NCCC(C)=O. The molecule has 2 N–H and O–H groups in total. The van der Waals surface area contributed by atoms with Gasteiger partial charge in [0.2, 0.25) is 0 Å². The third-order valence-corrected chi connectivity index (χ3v) is 2.41. The molecule has 0 atom stereocenters. The number of carbonyl (C=O) groups is 2. The van der Waals surface area contributed by atoms with Gasteiger partial charge in [0.15, 0.2) is 0 Å². The van der Waals surface area contributed by atoms with Crippen LogP contribution in [0.25, 0.3) is 0 Å². The lowest BCUT2D eigenvalue weighted by Gasteiger charge is -2.10. The number of carbonyl (C=O) groups excluding carboxylic acids is 2. The lowest BCUT2D eigenvalue weighted by Crippen LogP contribution is -2.30. The van der Waals surface area contributed by atoms with Gasteiger partial charge < -0.3 is 10.6 Å². The van der Waals surface area contributed by atoms with E-state index < -0.39 is 0 Å². The van der Waals surface area contributed by atoms with Crippen LogP contribution in [-0.4, -0.2) is 18.4 Å². The number of benzene rings is 1. The average Bonchev–Trinajstić information content (AvgIpc) is 2.29. The first-order valence-corrected chi connectivity index (χ1v) is 5.75. The second-order valence-electron chi connectivity index (χ2n) is 3.84. The molecule has 0 fully saturated rings. The highest BCUT2D eigenvalue weighted by atomic mass is 16.2. The molecule has 0 radical (unpaired) electrons. The fourth-order valence-corrected chi connectivity index (χ4v) is 1.47. The van der Waals surface area contributed by atoms with E-state index in [1.54, 1.807) is 0 Å². The zero-order valence-electron chi connectivity index (χ0n) is 10.2. The summed E-state index contributed by atoms with van der Waals surface area (Å²) in [4.78, 5) is 22.2. The number of urea groups is 1. The van der Waals surface area contributed by atoms with E-state index in [9.17, 15) is 9.59 Å². The molecule has 1 rings (SSSR count). The Morgan fingerprint density at radius 3 is 2.59 bits per heavy atom. The second kappa shape index (κ2) is 6.68. The number of para-hydroxylation sites is 1. The summed E-state index contributed by atoms with van der Waals surface area (Å²) in [5, 5.41) is 5.42. The number of Topliss-reactive ketones (excluding diaryl/α,β-unsaturated/α-hetero) is 1. The molecule has 17 heavy (non-hydrogen) atoms. The van der Waals surface area contributed by atoms with Crippen LogP contribution in [0.15, 0.2) is 24.3 Å². The number of nitrogens with one attached hydrogen (secondary N) is 2. The minimum atomic E-state index is -0.271. The van der Waals surface area contributed by atoms with Gasteiger partial charge in [-0.05, 0) is 25.0 Å². The first kappa shape index (κ1) is 13.2. The maximum Gasteiger partial charge on any atom is 0.319 e. The Labute approximate surface area is 101 Å². The number of anilines is 1. The standard InChI is InChI=1S/C13H18N2O2/c1-3-11-6-4-5-7-12(11)15-13(17)14-9-8-10(2)16/h4-7H,3,8-9H2,1-2H3,(H2,14,15,17). The fourth-order valence-electron chi connectivity index (χ4n) is 1.47. The van der Waals surface area contributed by atoms with Crippen LogP contribution < -0.4 is 10.6 Å². The molecule has 0 saturated carbocycles. The molecule has 1 aromatic rings. The molecule has 0 aliphatic carbocycles. The van der Waals surface area contributed by atoms with Gasteiger partial charge in [0.1, 0.15) is 5.78 Å². The van der Waals surface area contributed by atoms with Crippen LogP contribution in [0.2, 0.25) is 0 Å². The highest BCUT2D eigenvalue weighted by molar-refractivity contribution is 5.90. The predicted octanol–water partition coefficient (Wildman–Crippen LogP) is 2.35. The molecule has 92 valence electrons. The van der Waals surface area contributed by atoms with Gasteiger partial charge in [0.05, 0.1) is 0 Å². The minimum absolute atomic E-state index is 0.0688. The zero-order chi connectivity index (χ0) is 12.7. The highest BCUT2D eigenvalue weighted by Gasteiger charge is 2.04. The third-order valence-electron chi connectivity index (χ3n) is 2.41. The van der Waals surface area contributed by atoms with Crippen molar-refractivity contribution in [3.05, 3.63) is 29.8 Å². The molecule has 0 aromatic heterocycles. The van der Waals surface area contributed by atoms with Crippen molar-refractivity contribution >= 4 is 17.5 Å². The van der Waals surface area contributed by atoms with Gasteiger partial charge in [-0.1, -0.05) is 25.1 Å². The van der Waals surface area contributed by atoms with E-state index >= 15 is 0 Å². The zero-order valence-corrected chi connectivity index (χ0v) is 10.2. The molecule has 1 aromatic carbocycles. The molecule has 0 aliphatic heterocycles. The Hall–Kier alpha value is -1.84. The fraction of sp³-hybridized carbons (Fsp3) is 0.385. The van der Waals surface area contributed by atoms with Gasteiger partial charge in [-0.15, -0.1) is 0 Å². The Balaban J connectivity index is 2.47. The molecule has 4 heteroatoms. The highest BCUT2D eigenvalue weighted by Crippen LogP contribution is 2.14. The van der Waals surface area contributed by atoms with Crippen molar-refractivity contribution in [2.75, 3.05) is 11.9 Å². The van der Waals surface area contributed by atoms with Crippen LogP contribution in [0.5, 0.6) is 0 Å². The van der Waals surface area contributed by atoms with Gasteiger partial charge in [0.25, 0.3) is 0 Å². The Bertz CT molecular complexity index is 402. The minimum Gasteiger partial charge on any atom is -0.337 e. The van der Waals surface area contributed by atoms with Crippen LogP contribution >= 0.6 is 0 Å². The maximum absolute atomic E-state index is 11.5. The van der Waals surface area contributed by atoms with Gasteiger partial charge in [-0.2, -0.15) is 0 Å². The molecule has 0 aliphatic rings. The molecule has 0 bridgehead atoms. The van der Waals surface area contributed by atoms with Crippen molar-refractivity contribution in [3.63, 3.8) is 0 Å². The number of hydrogen-bond donors (Lipinski definition) is 2. The van der Waals surface area contributed by atoms with E-state index in [2.05, 4.69) is 10.6 Å². The van der Waals surface area contributed by atoms with E-state index in [0.717, 1.165) is 17.7 Å². The van der Waals surface area contributed by atoms with Gasteiger partial charge in [-0.3, -0.25) is 4.79 Å². The third kappa shape index (κ3) is 4.68. The summed E-state index contributed by atoms with van der Waals surface area (Å²) in [6, 6.07) is 7.39. The van der Waals surface area contributed by atoms with Gasteiger partial charge in [-0.25, -0.2) is 4.79 Å². The monoisotopic (exact) mass is 234 g/mol. The molecular weight excluding hydrogens is 216 g/mol. The van der Waals surface area contributed by atoms with E-state index in [4.69, 9.17) is 0 Å². The summed E-state index contributed by atoms with van der Waals surface area (Å²) in [5.41, 5.74) is 1.91. The summed E-state index contributed by atoms with van der Waals surface area (Å²) in [6.45, 7) is 3.91. The second-order valence-corrected chi connectivity index (χ2v) is 3.84. The number of rotatable bonds is 5. The van der Waals surface area contributed by atoms with E-state index in [1.807, 2.05) is 31.2 Å². The van der Waals surface area contributed by atoms with E-state index in [0.29, 0.717) is 13.0 Å². The lowest BCUT2D eigenvalue weighted by molar-refractivity contribution is -0.116. The first-order chi connectivity index (χ1) is 8.13. The topological polar surface area (TPSA) is 58.2 Å². The molecular formula is C13H18N2O2. The molecule has 0 heterocycles. The predicted molar refractivity (Wildman–Crippen MR) is 68.1 cm³/mol. The number of ketones is 1. The largest absolute Gasteiger partial charge is 0.337 e. The van der Waals surface area contributed by atoms with Crippen LogP contribution in [0, 0.1) is 0 Å². The van der Waals surface area contributed by atoms with Crippen molar-refractivity contribution in [2.45, 2.75) is 26.7 Å². The summed E-state index contributed by atoms with van der Waals surface area (Å²) < 4.78 is 0. The maximum atomic E-state index is 11.5. The number of aryl methyl sites for hydroxylation is 1. The van der Waals surface area contributed by atoms with Crippen LogP contribution in [0.4, 0.5) is 10.5 Å². The summed E-state index contributed by atoms with van der Waals surface area (Å²) in [7, 11) is 0. The average molecular weight is 234 g/mol. The van der Waals surface area contributed by atoms with Crippen LogP contribution in [0.3, 0.4) is 0 Å². The van der Waals surface area contributed by atoms with Crippen molar-refractivity contribution < 1.29 is 9.59 Å². The lowest BCUT2D eigenvalue weighted by atomic mass is 10.1. The summed E-state index contributed by atoms with van der Waals surface area (Å²) in [5.74, 6) is 0.0688. The van der Waals surface area contributed by atoms with Crippen molar-refractivity contribution in [1.82, 2.24) is 5.32 Å². The van der Waals surface area contributed by atoms with Crippen molar-refractivity contribution in [2.24, 2.45) is 0 Å². The quantitative estimate of drug-likeness (QED) is 0.821. The Morgan fingerprint density at radius 1 is 1.24 bits per heavy atom. The summed E-state index contributed by atoms with van der Waals surface area (Å²) in [6.07, 6.45) is 1.23. The molecule has 0 unspecified atom stereocenters. The van der Waals surface area contributed by atoms with Crippen molar-refractivity contribution in [3.8, 4) is 0 Å². The first-order valence-electron chi connectivity index (χ1n) is 5.75. The number of hydrogen-bond acceptors (Lipinski definition) is 2. The van der Waals surface area contributed by atoms with E-state index in [1.165, 1.54) is 6.92 Å². The van der Waals surface area contributed by atoms with Gasteiger partial charge >= 0.3 is 6.03 Å². The molecule has 0 spiro atoms. The van der Waals surface area contributed by atoms with Crippen LogP contribution in [0.1, 0.15) is 25.8 Å². The molecule has 0 saturated heterocycles. The smallest absolute Gasteiger partial charge is 0.319 e. The Kier molecular flexibility index (Phi) is 5.20. The summed E-state index contributed by atoms with van der Waals surface area (Å²) >= 11 is 0. The van der Waals surface area contributed by atoms with Crippen LogP contribution in [-0.2, 0) is 11.2 Å². The van der Waals surface area contributed by atoms with Gasteiger partial charge in [0, 0.05) is 18.7 Å². The number of amides is 2. The van der Waals surface area contributed by atoms with Crippen molar-refractivity contribution in [1.29, 1.82) is 0 Å². The Morgan fingerprint density at radius 2 is 1.94 bits per heavy atom. The molecule has 4 nitrogen and oxygen atoms in total. The molecule has 2 amide bonds.